The van der Waals surface area contributed by atoms with E-state index in [-0.39, 0.29) is 5.13 Å². The predicted octanol–water partition coefficient (Wildman–Crippen LogP) is 3.57. The molecule has 2 aromatic heterocycles. The van der Waals surface area contributed by atoms with E-state index >= 15 is 0 Å². The van der Waals surface area contributed by atoms with Gasteiger partial charge in [0.1, 0.15) is 0 Å². The molecule has 0 saturated carbocycles. The van der Waals surface area contributed by atoms with Gasteiger partial charge in [0.25, 0.3) is 0 Å². The van der Waals surface area contributed by atoms with Gasteiger partial charge >= 0.3 is 0 Å². The minimum Gasteiger partial charge on any atom is -0.253 e. The van der Waals surface area contributed by atoms with Crippen LogP contribution in [0.15, 0.2) is 24.3 Å². The Morgan fingerprint density at radius 3 is 2.64 bits per heavy atom. The number of thiophene rings is 1. The summed E-state index contributed by atoms with van der Waals surface area (Å²) < 4.78 is 13.4. The van der Waals surface area contributed by atoms with Gasteiger partial charge in [-0.2, -0.15) is 4.39 Å². The van der Waals surface area contributed by atoms with Crippen LogP contribution >= 0.6 is 11.3 Å². The van der Waals surface area contributed by atoms with Gasteiger partial charge in [-0.25, -0.2) is 0 Å². The van der Waals surface area contributed by atoms with Crippen LogP contribution < -0.4 is 0 Å². The lowest BCUT2D eigenvalue weighted by atomic mass is 10.2. The van der Waals surface area contributed by atoms with Crippen molar-refractivity contribution in [2.75, 3.05) is 0 Å². The zero-order valence-corrected chi connectivity index (χ0v) is 8.86. The summed E-state index contributed by atoms with van der Waals surface area (Å²) in [6, 6.07) is 7.46. The Balaban J connectivity index is 2.54. The number of nitrogens with zero attached hydrogens (tertiary/aromatic N) is 1. The van der Waals surface area contributed by atoms with E-state index in [0.29, 0.717) is 11.3 Å². The fourth-order valence-corrected chi connectivity index (χ4v) is 2.09. The molecule has 1 nitrogen and oxygen atoms in total. The molecule has 2 aromatic rings. The predicted molar refractivity (Wildman–Crippen MR) is 57.0 cm³/mol. The molecule has 0 amide bonds. The third kappa shape index (κ3) is 1.68. The molecular formula is C11H10FNS. The second-order valence-electron chi connectivity index (χ2n) is 3.21. The number of halogens is 1. The standard InChI is InChI=1S/C11H10FNS/c1-7-4-3-5-10(13-7)9-6-8(2)14-11(9)12/h3-6H,1-2H3. The topological polar surface area (TPSA) is 12.9 Å². The second kappa shape index (κ2) is 3.50. The summed E-state index contributed by atoms with van der Waals surface area (Å²) in [6.45, 7) is 3.80. The monoisotopic (exact) mass is 207 g/mol. The van der Waals surface area contributed by atoms with Crippen molar-refractivity contribution >= 4 is 11.3 Å². The van der Waals surface area contributed by atoms with E-state index in [9.17, 15) is 4.39 Å². The first-order valence-corrected chi connectivity index (χ1v) is 5.18. The Bertz CT molecular complexity index is 462. The average molecular weight is 207 g/mol. The highest BCUT2D eigenvalue weighted by molar-refractivity contribution is 7.10. The van der Waals surface area contributed by atoms with Crippen molar-refractivity contribution < 1.29 is 4.39 Å². The zero-order valence-electron chi connectivity index (χ0n) is 8.04. The van der Waals surface area contributed by atoms with Gasteiger partial charge in [-0.1, -0.05) is 6.07 Å². The number of rotatable bonds is 1. The van der Waals surface area contributed by atoms with Gasteiger partial charge in [-0.05, 0) is 32.0 Å². The molecule has 0 aliphatic heterocycles. The number of hydrogen-bond acceptors (Lipinski definition) is 2. The molecule has 14 heavy (non-hydrogen) atoms. The van der Waals surface area contributed by atoms with Crippen LogP contribution in [0.5, 0.6) is 0 Å². The van der Waals surface area contributed by atoms with E-state index in [1.165, 1.54) is 0 Å². The van der Waals surface area contributed by atoms with Gasteiger partial charge in [0.2, 0.25) is 0 Å². The molecule has 2 rings (SSSR count). The van der Waals surface area contributed by atoms with E-state index in [2.05, 4.69) is 4.98 Å². The molecule has 2 heterocycles. The molecular weight excluding hydrogens is 197 g/mol. The number of aromatic nitrogens is 1. The van der Waals surface area contributed by atoms with Crippen LogP contribution in [-0.2, 0) is 0 Å². The van der Waals surface area contributed by atoms with Crippen LogP contribution in [0.1, 0.15) is 10.6 Å². The molecule has 0 aliphatic rings. The SMILES string of the molecule is Cc1cccc(-c2cc(C)sc2F)n1. The molecule has 72 valence electrons. The molecule has 3 heteroatoms. The van der Waals surface area contributed by atoms with Crippen molar-refractivity contribution in [1.29, 1.82) is 0 Å². The maximum Gasteiger partial charge on any atom is 0.186 e. The molecule has 0 unspecified atom stereocenters. The fraction of sp³-hybridized carbons (Fsp3) is 0.182. The van der Waals surface area contributed by atoms with Crippen LogP contribution in [-0.4, -0.2) is 4.98 Å². The Hall–Kier alpha value is -1.22. The Morgan fingerprint density at radius 2 is 2.07 bits per heavy atom. The highest BCUT2D eigenvalue weighted by Crippen LogP contribution is 2.28. The minimum atomic E-state index is -0.152. The van der Waals surface area contributed by atoms with Gasteiger partial charge in [0.05, 0.1) is 5.69 Å². The van der Waals surface area contributed by atoms with Crippen molar-refractivity contribution in [3.63, 3.8) is 0 Å². The molecule has 0 radical (unpaired) electrons. The first-order chi connectivity index (χ1) is 6.66. The quantitative estimate of drug-likeness (QED) is 0.696. The lowest BCUT2D eigenvalue weighted by molar-refractivity contribution is 0.660. The van der Waals surface area contributed by atoms with Crippen molar-refractivity contribution in [1.82, 2.24) is 4.98 Å². The Kier molecular flexibility index (Phi) is 2.33. The molecule has 0 saturated heterocycles. The molecule has 0 aromatic carbocycles. The molecule has 0 aliphatic carbocycles. The summed E-state index contributed by atoms with van der Waals surface area (Å²) in [7, 11) is 0. The van der Waals surface area contributed by atoms with Crippen LogP contribution in [0.3, 0.4) is 0 Å². The molecule has 0 bridgehead atoms. The lowest BCUT2D eigenvalue weighted by Crippen LogP contribution is -1.85. The van der Waals surface area contributed by atoms with Crippen LogP contribution in [0.25, 0.3) is 11.3 Å². The van der Waals surface area contributed by atoms with E-state index in [0.717, 1.165) is 21.9 Å². The summed E-state index contributed by atoms with van der Waals surface area (Å²) in [4.78, 5) is 5.26. The van der Waals surface area contributed by atoms with E-state index in [1.54, 1.807) is 0 Å². The van der Waals surface area contributed by atoms with Crippen molar-refractivity contribution in [3.05, 3.63) is 40.0 Å². The average Bonchev–Trinajstić information content (AvgIpc) is 2.45. The van der Waals surface area contributed by atoms with Crippen molar-refractivity contribution in [2.24, 2.45) is 0 Å². The normalized spacial score (nSPS) is 10.5. The fourth-order valence-electron chi connectivity index (χ4n) is 1.35. The highest BCUT2D eigenvalue weighted by atomic mass is 32.1. The van der Waals surface area contributed by atoms with Crippen LogP contribution in [0, 0.1) is 19.0 Å². The summed E-state index contributed by atoms with van der Waals surface area (Å²) in [5, 5.41) is -0.152. The summed E-state index contributed by atoms with van der Waals surface area (Å²) in [5.41, 5.74) is 2.23. The number of hydrogen-bond donors (Lipinski definition) is 0. The summed E-state index contributed by atoms with van der Waals surface area (Å²) in [6.07, 6.45) is 0. The van der Waals surface area contributed by atoms with E-state index in [4.69, 9.17) is 0 Å². The first-order valence-electron chi connectivity index (χ1n) is 4.37. The number of pyridine rings is 1. The highest BCUT2D eigenvalue weighted by Gasteiger charge is 2.09. The number of aryl methyl sites for hydroxylation is 2. The van der Waals surface area contributed by atoms with E-state index < -0.39 is 0 Å². The van der Waals surface area contributed by atoms with Crippen LogP contribution in [0.2, 0.25) is 0 Å². The Labute approximate surface area is 86.2 Å². The largest absolute Gasteiger partial charge is 0.253 e. The Morgan fingerprint density at radius 1 is 1.29 bits per heavy atom. The van der Waals surface area contributed by atoms with Gasteiger partial charge < -0.3 is 0 Å². The first kappa shape index (κ1) is 9.34. The summed E-state index contributed by atoms with van der Waals surface area (Å²) in [5.74, 6) is 0. The molecule has 0 spiro atoms. The third-order valence-electron chi connectivity index (χ3n) is 1.97. The smallest absolute Gasteiger partial charge is 0.186 e. The minimum absolute atomic E-state index is 0.152. The van der Waals surface area contributed by atoms with Gasteiger partial charge in [0.15, 0.2) is 5.13 Å². The van der Waals surface area contributed by atoms with E-state index in [1.807, 2.05) is 38.1 Å². The lowest BCUT2D eigenvalue weighted by Gasteiger charge is -1.98. The van der Waals surface area contributed by atoms with Crippen molar-refractivity contribution in [3.8, 4) is 11.3 Å². The van der Waals surface area contributed by atoms with Crippen molar-refractivity contribution in [2.45, 2.75) is 13.8 Å². The third-order valence-corrected chi connectivity index (χ3v) is 2.81. The van der Waals surface area contributed by atoms with Gasteiger partial charge in [0, 0.05) is 16.1 Å². The van der Waals surface area contributed by atoms with Gasteiger partial charge in [-0.15, -0.1) is 11.3 Å². The molecule has 0 atom stereocenters. The van der Waals surface area contributed by atoms with Gasteiger partial charge in [-0.3, -0.25) is 4.98 Å². The molecule has 0 fully saturated rings. The zero-order chi connectivity index (χ0) is 10.1. The maximum absolute atomic E-state index is 13.4. The molecule has 0 N–H and O–H groups in total. The second-order valence-corrected chi connectivity index (χ2v) is 4.42. The van der Waals surface area contributed by atoms with Crippen LogP contribution in [0.4, 0.5) is 4.39 Å². The summed E-state index contributed by atoms with van der Waals surface area (Å²) >= 11 is 1.16. The maximum atomic E-state index is 13.4.